The summed E-state index contributed by atoms with van der Waals surface area (Å²) in [5.41, 5.74) is 4.30. The van der Waals surface area contributed by atoms with Crippen molar-refractivity contribution in [2.45, 2.75) is 0 Å². The predicted octanol–water partition coefficient (Wildman–Crippen LogP) is 4.38. The van der Waals surface area contributed by atoms with Crippen molar-refractivity contribution in [2.75, 3.05) is 0 Å². The van der Waals surface area contributed by atoms with Gasteiger partial charge in [0.25, 0.3) is 0 Å². The van der Waals surface area contributed by atoms with Gasteiger partial charge in [-0.15, -0.1) is 0 Å². The monoisotopic (exact) mass is 362 g/mol. The van der Waals surface area contributed by atoms with E-state index in [4.69, 9.17) is 0 Å². The molecule has 0 aliphatic heterocycles. The molecule has 0 radical (unpaired) electrons. The largest absolute Gasteiger partial charge is 0.316 e. The lowest BCUT2D eigenvalue weighted by Crippen LogP contribution is -2.06. The summed E-state index contributed by atoms with van der Waals surface area (Å²) in [6, 6.07) is 20.9. The van der Waals surface area contributed by atoms with Gasteiger partial charge >= 0.3 is 0 Å². The Morgan fingerprint density at radius 1 is 1.00 bits per heavy atom. The summed E-state index contributed by atoms with van der Waals surface area (Å²) in [5.74, 6) is -0.111. The van der Waals surface area contributed by atoms with Crippen LogP contribution < -0.4 is 0 Å². The highest BCUT2D eigenvalue weighted by atomic mass is 16.1. The summed E-state index contributed by atoms with van der Waals surface area (Å²) < 4.78 is 3.87. The molecule has 132 valence electrons. The third kappa shape index (κ3) is 2.48. The summed E-state index contributed by atoms with van der Waals surface area (Å²) in [6.07, 6.45) is 7.20. The molecule has 5 heteroatoms. The van der Waals surface area contributed by atoms with E-state index in [1.54, 1.807) is 30.7 Å². The Balaban J connectivity index is 1.68. The molecule has 0 amide bonds. The molecule has 0 bridgehead atoms. The maximum Gasteiger partial charge on any atom is 0.195 e. The van der Waals surface area contributed by atoms with Crippen LogP contribution in [-0.2, 0) is 0 Å². The van der Waals surface area contributed by atoms with Crippen LogP contribution in [-0.4, -0.2) is 19.7 Å². The number of carbonyl (C=O) groups excluding carboxylic acids is 1. The van der Waals surface area contributed by atoms with Gasteiger partial charge < -0.3 is 8.97 Å². The van der Waals surface area contributed by atoms with E-state index >= 15 is 0 Å². The molecule has 5 rings (SSSR count). The number of ketones is 1. The van der Waals surface area contributed by atoms with E-state index in [1.165, 1.54) is 0 Å². The zero-order chi connectivity index (χ0) is 19.1. The number of nitriles is 1. The highest BCUT2D eigenvalue weighted by molar-refractivity contribution is 6.16. The minimum absolute atomic E-state index is 0.111. The van der Waals surface area contributed by atoms with Crippen molar-refractivity contribution in [3.63, 3.8) is 0 Å². The van der Waals surface area contributed by atoms with Crippen LogP contribution in [0.1, 0.15) is 21.5 Å². The van der Waals surface area contributed by atoms with Gasteiger partial charge in [-0.25, -0.2) is 4.98 Å². The zero-order valence-electron chi connectivity index (χ0n) is 14.8. The molecule has 0 spiro atoms. The summed E-state index contributed by atoms with van der Waals surface area (Å²) in [6.45, 7) is 0. The Hall–Kier alpha value is -4.17. The van der Waals surface area contributed by atoms with Gasteiger partial charge in [0.15, 0.2) is 5.78 Å². The molecule has 0 unspecified atom stereocenters. The van der Waals surface area contributed by atoms with Crippen molar-refractivity contribution in [1.29, 1.82) is 5.26 Å². The summed E-state index contributed by atoms with van der Waals surface area (Å²) >= 11 is 0. The smallest absolute Gasteiger partial charge is 0.195 e. The van der Waals surface area contributed by atoms with Crippen molar-refractivity contribution in [3.05, 3.63) is 102 Å². The second-order valence-corrected chi connectivity index (χ2v) is 6.56. The lowest BCUT2D eigenvalue weighted by Gasteiger charge is -2.11. The predicted molar refractivity (Wildman–Crippen MR) is 107 cm³/mol. The quantitative estimate of drug-likeness (QED) is 0.447. The van der Waals surface area contributed by atoms with E-state index < -0.39 is 0 Å². The molecule has 5 nitrogen and oxygen atoms in total. The Morgan fingerprint density at radius 3 is 2.61 bits per heavy atom. The lowest BCUT2D eigenvalue weighted by atomic mass is 9.97. The summed E-state index contributed by atoms with van der Waals surface area (Å²) in [5, 5.41) is 10.3. The van der Waals surface area contributed by atoms with Crippen LogP contribution in [0.4, 0.5) is 0 Å². The van der Waals surface area contributed by atoms with Crippen molar-refractivity contribution < 1.29 is 4.79 Å². The number of nitrogens with zero attached hydrogens (tertiary/aromatic N) is 4. The molecule has 5 aromatic rings. The van der Waals surface area contributed by atoms with Gasteiger partial charge in [-0.3, -0.25) is 4.79 Å². The maximum atomic E-state index is 13.3. The van der Waals surface area contributed by atoms with Crippen LogP contribution in [0.15, 0.2) is 85.6 Å². The van der Waals surface area contributed by atoms with Crippen LogP contribution in [0.5, 0.6) is 0 Å². The second-order valence-electron chi connectivity index (χ2n) is 6.56. The number of hydrogen-bond acceptors (Lipinski definition) is 3. The number of hydrogen-bond donors (Lipinski definition) is 0. The van der Waals surface area contributed by atoms with Crippen molar-refractivity contribution >= 4 is 22.2 Å². The minimum atomic E-state index is -0.111. The number of pyridine rings is 1. The molecule has 0 atom stereocenters. The molecule has 0 N–H and O–H groups in total. The Bertz CT molecular complexity index is 1370. The van der Waals surface area contributed by atoms with E-state index in [0.29, 0.717) is 16.7 Å². The normalized spacial score (nSPS) is 11.0. The van der Waals surface area contributed by atoms with Gasteiger partial charge in [-0.2, -0.15) is 5.26 Å². The molecule has 0 saturated carbocycles. The van der Waals surface area contributed by atoms with E-state index in [9.17, 15) is 10.1 Å². The fraction of sp³-hybridized carbons (Fsp3) is 0. The standard InChI is InChI=1S/C23H14N4O/c24-14-16-12-18-5-8-20-2-1-10-27(20)22(18)21(13-16)23(28)17-3-6-19(7-4-17)26-11-9-25-15-26/h1-13,15H. The SMILES string of the molecule is N#Cc1cc(C(=O)c2ccc(-n3ccnc3)cc2)c2c(ccc3cccn32)c1. The van der Waals surface area contributed by atoms with Gasteiger partial charge in [0.2, 0.25) is 0 Å². The third-order valence-electron chi connectivity index (χ3n) is 4.90. The van der Waals surface area contributed by atoms with Crippen molar-refractivity contribution in [2.24, 2.45) is 0 Å². The first-order valence-corrected chi connectivity index (χ1v) is 8.81. The molecular weight excluding hydrogens is 348 g/mol. The number of benzene rings is 2. The molecule has 0 saturated heterocycles. The number of rotatable bonds is 3. The van der Waals surface area contributed by atoms with E-state index in [1.807, 2.05) is 63.8 Å². The average molecular weight is 362 g/mol. The van der Waals surface area contributed by atoms with Crippen LogP contribution in [0.25, 0.3) is 22.1 Å². The number of imidazole rings is 1. The molecular formula is C23H14N4O. The molecule has 28 heavy (non-hydrogen) atoms. The Kier molecular flexibility index (Phi) is 3.56. The highest BCUT2D eigenvalue weighted by Gasteiger charge is 2.16. The molecule has 3 aromatic heterocycles. The average Bonchev–Trinajstić information content (AvgIpc) is 3.44. The first-order valence-electron chi connectivity index (χ1n) is 8.81. The molecule has 2 aromatic carbocycles. The van der Waals surface area contributed by atoms with E-state index in [2.05, 4.69) is 11.1 Å². The fourth-order valence-electron chi connectivity index (χ4n) is 3.55. The number of fused-ring (bicyclic) bond motifs is 3. The number of aromatic nitrogens is 3. The van der Waals surface area contributed by atoms with Gasteiger partial charge in [0.05, 0.1) is 23.5 Å². The second kappa shape index (κ2) is 6.22. The van der Waals surface area contributed by atoms with Crippen molar-refractivity contribution in [1.82, 2.24) is 14.0 Å². The third-order valence-corrected chi connectivity index (χ3v) is 4.90. The number of carbonyl (C=O) groups is 1. The van der Waals surface area contributed by atoms with Crippen molar-refractivity contribution in [3.8, 4) is 11.8 Å². The van der Waals surface area contributed by atoms with Gasteiger partial charge in [0, 0.05) is 46.3 Å². The molecule has 3 heterocycles. The minimum Gasteiger partial charge on any atom is -0.316 e. The Morgan fingerprint density at radius 2 is 1.86 bits per heavy atom. The van der Waals surface area contributed by atoms with E-state index in [-0.39, 0.29) is 5.78 Å². The van der Waals surface area contributed by atoms with Crippen LogP contribution in [0.3, 0.4) is 0 Å². The van der Waals surface area contributed by atoms with Gasteiger partial charge in [-0.1, -0.05) is 6.07 Å². The Labute approximate surface area is 160 Å². The summed E-state index contributed by atoms with van der Waals surface area (Å²) in [4.78, 5) is 17.4. The molecule has 0 aliphatic rings. The molecule has 0 fully saturated rings. The maximum absolute atomic E-state index is 13.3. The van der Waals surface area contributed by atoms with Crippen LogP contribution in [0, 0.1) is 11.3 Å². The van der Waals surface area contributed by atoms with E-state index in [0.717, 1.165) is 22.1 Å². The molecule has 0 aliphatic carbocycles. The van der Waals surface area contributed by atoms with Crippen LogP contribution >= 0.6 is 0 Å². The topological polar surface area (TPSA) is 63.1 Å². The van der Waals surface area contributed by atoms with Gasteiger partial charge in [0.1, 0.15) is 0 Å². The highest BCUT2D eigenvalue weighted by Crippen LogP contribution is 2.26. The zero-order valence-corrected chi connectivity index (χ0v) is 14.8. The lowest BCUT2D eigenvalue weighted by molar-refractivity contribution is 0.104. The fourth-order valence-corrected chi connectivity index (χ4v) is 3.55. The van der Waals surface area contributed by atoms with Crippen LogP contribution in [0.2, 0.25) is 0 Å². The van der Waals surface area contributed by atoms with Gasteiger partial charge in [-0.05, 0) is 54.6 Å². The first-order chi connectivity index (χ1) is 13.7. The first kappa shape index (κ1) is 16.0. The summed E-state index contributed by atoms with van der Waals surface area (Å²) in [7, 11) is 0.